The maximum atomic E-state index is 12.9. The number of aryl methyl sites for hydroxylation is 2. The van der Waals surface area contributed by atoms with Crippen LogP contribution in [-0.4, -0.2) is 50.7 Å². The van der Waals surface area contributed by atoms with E-state index in [1.165, 1.54) is 0 Å². The average molecular weight is 287 g/mol. The van der Waals surface area contributed by atoms with E-state index in [0.29, 0.717) is 17.6 Å². The Kier molecular flexibility index (Phi) is 3.41. The van der Waals surface area contributed by atoms with Crippen LogP contribution in [0, 0.1) is 6.92 Å². The van der Waals surface area contributed by atoms with Crippen molar-refractivity contribution in [2.75, 3.05) is 13.1 Å². The molecule has 0 saturated carbocycles. The van der Waals surface area contributed by atoms with Crippen molar-refractivity contribution < 1.29 is 4.79 Å². The van der Waals surface area contributed by atoms with Crippen molar-refractivity contribution in [2.45, 2.75) is 32.9 Å². The summed E-state index contributed by atoms with van der Waals surface area (Å²) in [5, 5.41) is 8.50. The van der Waals surface area contributed by atoms with Gasteiger partial charge in [0, 0.05) is 37.9 Å². The summed E-state index contributed by atoms with van der Waals surface area (Å²) in [4.78, 5) is 19.3. The zero-order valence-corrected chi connectivity index (χ0v) is 12.9. The van der Waals surface area contributed by atoms with Gasteiger partial charge in [-0.1, -0.05) is 0 Å². The van der Waals surface area contributed by atoms with Crippen LogP contribution in [0.25, 0.3) is 11.0 Å². The average Bonchev–Trinajstić information content (AvgIpc) is 2.78. The molecule has 3 rings (SSSR count). The molecule has 2 aromatic heterocycles. The highest BCUT2D eigenvalue weighted by Gasteiger charge is 2.27. The minimum Gasteiger partial charge on any atom is -0.336 e. The van der Waals surface area contributed by atoms with Crippen molar-refractivity contribution in [2.24, 2.45) is 7.05 Å². The van der Waals surface area contributed by atoms with E-state index in [0.717, 1.165) is 29.8 Å². The van der Waals surface area contributed by atoms with E-state index in [4.69, 9.17) is 0 Å². The summed E-state index contributed by atoms with van der Waals surface area (Å²) in [7, 11) is 1.85. The highest BCUT2D eigenvalue weighted by Crippen LogP contribution is 2.20. The second kappa shape index (κ2) is 5.11. The summed E-state index contributed by atoms with van der Waals surface area (Å²) < 4.78 is 1.71. The number of nitrogens with one attached hydrogen (secondary N) is 1. The van der Waals surface area contributed by atoms with Crippen LogP contribution in [0.1, 0.15) is 29.9 Å². The number of fused-ring (bicyclic) bond motifs is 1. The van der Waals surface area contributed by atoms with Gasteiger partial charge in [-0.25, -0.2) is 4.98 Å². The third-order valence-corrected chi connectivity index (χ3v) is 3.91. The van der Waals surface area contributed by atoms with Crippen LogP contribution in [0.3, 0.4) is 0 Å². The lowest BCUT2D eigenvalue weighted by atomic mass is 10.1. The largest absolute Gasteiger partial charge is 0.336 e. The first-order valence-electron chi connectivity index (χ1n) is 7.30. The molecule has 3 heterocycles. The molecule has 6 heteroatoms. The zero-order valence-electron chi connectivity index (χ0n) is 12.9. The van der Waals surface area contributed by atoms with Crippen molar-refractivity contribution >= 4 is 16.9 Å². The number of rotatable bonds is 1. The molecule has 2 aromatic rings. The quantitative estimate of drug-likeness (QED) is 0.853. The maximum Gasteiger partial charge on any atom is 0.254 e. The molecular weight excluding hydrogens is 266 g/mol. The summed E-state index contributed by atoms with van der Waals surface area (Å²) in [6, 6.07) is 2.49. The fourth-order valence-electron chi connectivity index (χ4n) is 3.08. The highest BCUT2D eigenvalue weighted by atomic mass is 16.2. The van der Waals surface area contributed by atoms with Crippen molar-refractivity contribution in [3.05, 3.63) is 23.5 Å². The van der Waals surface area contributed by atoms with E-state index >= 15 is 0 Å². The summed E-state index contributed by atoms with van der Waals surface area (Å²) >= 11 is 0. The number of carbonyl (C=O) groups excluding carboxylic acids is 1. The van der Waals surface area contributed by atoms with Gasteiger partial charge in [-0.2, -0.15) is 5.10 Å². The molecule has 6 nitrogen and oxygen atoms in total. The number of nitrogens with zero attached hydrogens (tertiary/aromatic N) is 4. The predicted octanol–water partition coefficient (Wildman–Crippen LogP) is 1.10. The molecule has 0 spiro atoms. The Morgan fingerprint density at radius 2 is 2.00 bits per heavy atom. The Hall–Kier alpha value is -1.95. The van der Waals surface area contributed by atoms with E-state index in [1.54, 1.807) is 10.9 Å². The van der Waals surface area contributed by atoms with Gasteiger partial charge in [0.2, 0.25) is 0 Å². The van der Waals surface area contributed by atoms with Gasteiger partial charge in [0.15, 0.2) is 5.65 Å². The third-order valence-electron chi connectivity index (χ3n) is 3.91. The predicted molar refractivity (Wildman–Crippen MR) is 81.2 cm³/mol. The molecule has 0 aromatic carbocycles. The molecule has 1 aliphatic rings. The molecular formula is C15H21N5O. The first-order valence-corrected chi connectivity index (χ1v) is 7.30. The van der Waals surface area contributed by atoms with Gasteiger partial charge in [-0.05, 0) is 26.8 Å². The first-order chi connectivity index (χ1) is 9.95. The second-order valence-corrected chi connectivity index (χ2v) is 6.00. The molecule has 1 fully saturated rings. The van der Waals surface area contributed by atoms with Gasteiger partial charge < -0.3 is 10.2 Å². The molecule has 0 radical (unpaired) electrons. The molecule has 1 saturated heterocycles. The van der Waals surface area contributed by atoms with Crippen LogP contribution in [0.15, 0.2) is 12.3 Å². The van der Waals surface area contributed by atoms with E-state index in [-0.39, 0.29) is 5.91 Å². The molecule has 1 aliphatic heterocycles. The van der Waals surface area contributed by atoms with E-state index in [2.05, 4.69) is 29.2 Å². The van der Waals surface area contributed by atoms with Crippen molar-refractivity contribution in [3.8, 4) is 0 Å². The molecule has 0 aliphatic carbocycles. The lowest BCUT2D eigenvalue weighted by Gasteiger charge is -2.36. The zero-order chi connectivity index (χ0) is 15.1. The van der Waals surface area contributed by atoms with Gasteiger partial charge in [0.25, 0.3) is 5.91 Å². The van der Waals surface area contributed by atoms with Crippen molar-refractivity contribution in [1.29, 1.82) is 0 Å². The van der Waals surface area contributed by atoms with Crippen LogP contribution >= 0.6 is 0 Å². The van der Waals surface area contributed by atoms with Crippen molar-refractivity contribution in [1.82, 2.24) is 25.0 Å². The molecule has 2 atom stereocenters. The Labute approximate surface area is 124 Å². The normalized spacial score (nSPS) is 22.8. The fraction of sp³-hybridized carbons (Fsp3) is 0.533. The molecule has 112 valence electrons. The third kappa shape index (κ3) is 2.51. The molecule has 0 bridgehead atoms. The number of amides is 1. The number of aromatic nitrogens is 3. The SMILES string of the molecule is Cc1cc(C(=O)N2C[C@@H](C)N[C@@H](C)C2)c2cnn(C)c2n1. The number of hydrogen-bond acceptors (Lipinski definition) is 4. The van der Waals surface area contributed by atoms with Gasteiger partial charge in [-0.15, -0.1) is 0 Å². The number of hydrogen-bond donors (Lipinski definition) is 1. The topological polar surface area (TPSA) is 63.1 Å². The Bertz CT molecular complexity index is 683. The Morgan fingerprint density at radius 3 is 2.67 bits per heavy atom. The van der Waals surface area contributed by atoms with Crippen LogP contribution in [0.4, 0.5) is 0 Å². The summed E-state index contributed by atoms with van der Waals surface area (Å²) in [6.45, 7) is 7.58. The summed E-state index contributed by atoms with van der Waals surface area (Å²) in [6.07, 6.45) is 1.73. The Morgan fingerprint density at radius 1 is 1.33 bits per heavy atom. The lowest BCUT2D eigenvalue weighted by Crippen LogP contribution is -2.55. The minimum atomic E-state index is 0.0682. The van der Waals surface area contributed by atoms with Crippen LogP contribution in [0.5, 0.6) is 0 Å². The van der Waals surface area contributed by atoms with Crippen LogP contribution in [0.2, 0.25) is 0 Å². The molecule has 21 heavy (non-hydrogen) atoms. The molecule has 1 N–H and O–H groups in total. The molecule has 0 unspecified atom stereocenters. The number of carbonyl (C=O) groups is 1. The van der Waals surface area contributed by atoms with E-state index in [9.17, 15) is 4.79 Å². The summed E-state index contributed by atoms with van der Waals surface area (Å²) in [5.74, 6) is 0.0682. The molecule has 1 amide bonds. The maximum absolute atomic E-state index is 12.9. The van der Waals surface area contributed by atoms with Crippen LogP contribution in [-0.2, 0) is 7.05 Å². The highest BCUT2D eigenvalue weighted by molar-refractivity contribution is 6.05. The standard InChI is InChI=1S/C15H21N5O/c1-9-5-12(13-6-16-19(4)14(13)18-9)15(21)20-7-10(2)17-11(3)8-20/h5-6,10-11,17H,7-8H2,1-4H3/t10-,11+. The Balaban J connectivity index is 2.01. The lowest BCUT2D eigenvalue weighted by molar-refractivity contribution is 0.0675. The monoisotopic (exact) mass is 287 g/mol. The van der Waals surface area contributed by atoms with Crippen molar-refractivity contribution in [3.63, 3.8) is 0 Å². The van der Waals surface area contributed by atoms with Gasteiger partial charge in [0.1, 0.15) is 0 Å². The van der Waals surface area contributed by atoms with Gasteiger partial charge in [-0.3, -0.25) is 9.48 Å². The van der Waals surface area contributed by atoms with E-state index < -0.39 is 0 Å². The number of piperazine rings is 1. The van der Waals surface area contributed by atoms with Gasteiger partial charge >= 0.3 is 0 Å². The summed E-state index contributed by atoms with van der Waals surface area (Å²) in [5.41, 5.74) is 2.30. The van der Waals surface area contributed by atoms with Crippen LogP contribution < -0.4 is 5.32 Å². The van der Waals surface area contributed by atoms with E-state index in [1.807, 2.05) is 24.9 Å². The van der Waals surface area contributed by atoms with Gasteiger partial charge in [0.05, 0.1) is 17.1 Å². The second-order valence-electron chi connectivity index (χ2n) is 6.00. The minimum absolute atomic E-state index is 0.0682. The smallest absolute Gasteiger partial charge is 0.254 e. The number of pyridine rings is 1. The fourth-order valence-corrected chi connectivity index (χ4v) is 3.08. The first kappa shape index (κ1) is 14.0.